The van der Waals surface area contributed by atoms with Crippen molar-refractivity contribution >= 4 is 19.2 Å². The molecule has 0 heterocycles. The third-order valence-corrected chi connectivity index (χ3v) is 4.23. The average molecular weight is 260 g/mol. The molecule has 2 unspecified atom stereocenters. The Morgan fingerprint density at radius 1 is 1.06 bits per heavy atom. The number of benzene rings is 2. The lowest BCUT2D eigenvalue weighted by atomic mass is 10.1. The van der Waals surface area contributed by atoms with E-state index in [0.717, 1.165) is 21.7 Å². The van der Waals surface area contributed by atoms with Gasteiger partial charge >= 0.3 is 0 Å². The Hall–Kier alpha value is -1.37. The summed E-state index contributed by atoms with van der Waals surface area (Å²) in [6, 6.07) is 13.4. The number of aryl methyl sites for hydroxylation is 1. The number of hydrogen-bond acceptors (Lipinski definition) is 2. The monoisotopic (exact) mass is 260 g/mol. The van der Waals surface area contributed by atoms with Gasteiger partial charge in [0.05, 0.1) is 6.10 Å². The normalized spacial score (nSPS) is 13.1. The molecule has 0 saturated heterocycles. The fourth-order valence-electron chi connectivity index (χ4n) is 1.87. The highest BCUT2D eigenvalue weighted by atomic mass is 31.1. The topological polar surface area (TPSA) is 40.5 Å². The molecule has 2 atom stereocenters. The van der Waals surface area contributed by atoms with Crippen LogP contribution in [0.4, 0.5) is 0 Å². The van der Waals surface area contributed by atoms with Crippen LogP contribution in [0.3, 0.4) is 0 Å². The number of rotatable bonds is 3. The van der Waals surface area contributed by atoms with Crippen molar-refractivity contribution in [3.8, 4) is 5.75 Å². The van der Waals surface area contributed by atoms with Gasteiger partial charge in [-0.15, -0.1) is 0 Å². The summed E-state index contributed by atoms with van der Waals surface area (Å²) >= 11 is 0. The Balaban J connectivity index is 2.37. The maximum atomic E-state index is 9.87. The summed E-state index contributed by atoms with van der Waals surface area (Å²) < 4.78 is 0. The molecule has 94 valence electrons. The summed E-state index contributed by atoms with van der Waals surface area (Å²) in [6.07, 6.45) is -0.486. The van der Waals surface area contributed by atoms with Gasteiger partial charge in [-0.05, 0) is 36.8 Å². The van der Waals surface area contributed by atoms with E-state index in [4.69, 9.17) is 0 Å². The third kappa shape index (κ3) is 2.90. The van der Waals surface area contributed by atoms with Gasteiger partial charge in [0.25, 0.3) is 0 Å². The minimum absolute atomic E-state index is 0.319. The van der Waals surface area contributed by atoms with Crippen LogP contribution in [0.2, 0.25) is 0 Å². The quantitative estimate of drug-likeness (QED) is 0.832. The van der Waals surface area contributed by atoms with Gasteiger partial charge < -0.3 is 10.2 Å². The molecule has 2 N–H and O–H groups in total. The van der Waals surface area contributed by atoms with Crippen molar-refractivity contribution in [1.29, 1.82) is 0 Å². The predicted molar refractivity (Wildman–Crippen MR) is 77.5 cm³/mol. The number of aromatic hydroxyl groups is 1. The van der Waals surface area contributed by atoms with E-state index in [-0.39, 0.29) is 0 Å². The standard InChI is InChI=1S/C15H17O2P/c1-10-7-8-13(17)15(9-10)18-14-6-4-3-5-12(14)11(2)16/h3-9,11,16-18H,1-2H3. The summed E-state index contributed by atoms with van der Waals surface area (Å²) in [4.78, 5) is 0. The molecule has 0 aliphatic rings. The first-order valence-electron chi connectivity index (χ1n) is 5.91. The third-order valence-electron chi connectivity index (χ3n) is 2.83. The predicted octanol–water partition coefficient (Wildman–Crippen LogP) is 2.38. The molecule has 0 radical (unpaired) electrons. The fraction of sp³-hybridized carbons (Fsp3) is 0.200. The highest BCUT2D eigenvalue weighted by molar-refractivity contribution is 7.55. The zero-order valence-electron chi connectivity index (χ0n) is 10.5. The Bertz CT molecular complexity index is 550. The van der Waals surface area contributed by atoms with Crippen LogP contribution in [-0.2, 0) is 0 Å². The first-order valence-corrected chi connectivity index (χ1v) is 6.91. The molecule has 0 aliphatic carbocycles. The van der Waals surface area contributed by atoms with Crippen LogP contribution in [0, 0.1) is 6.92 Å². The lowest BCUT2D eigenvalue weighted by Gasteiger charge is -2.13. The van der Waals surface area contributed by atoms with E-state index >= 15 is 0 Å². The van der Waals surface area contributed by atoms with Gasteiger partial charge in [-0.1, -0.05) is 44.5 Å². The van der Waals surface area contributed by atoms with Gasteiger partial charge in [-0.25, -0.2) is 0 Å². The zero-order chi connectivity index (χ0) is 13.1. The first kappa shape index (κ1) is 13.1. The fourth-order valence-corrected chi connectivity index (χ4v) is 3.29. The SMILES string of the molecule is Cc1ccc(O)c(Pc2ccccc2C(C)O)c1. The lowest BCUT2D eigenvalue weighted by molar-refractivity contribution is 0.200. The van der Waals surface area contributed by atoms with Crippen LogP contribution in [0.15, 0.2) is 42.5 Å². The van der Waals surface area contributed by atoms with E-state index in [1.54, 1.807) is 13.0 Å². The highest BCUT2D eigenvalue weighted by Crippen LogP contribution is 2.23. The smallest absolute Gasteiger partial charge is 0.123 e. The molecule has 2 rings (SSSR count). The molecule has 2 aromatic rings. The molecule has 3 heteroatoms. The summed E-state index contributed by atoms with van der Waals surface area (Å²) in [5.74, 6) is 0.319. The summed E-state index contributed by atoms with van der Waals surface area (Å²) in [5.41, 5.74) is 2.06. The van der Waals surface area contributed by atoms with E-state index in [1.807, 2.05) is 43.3 Å². The van der Waals surface area contributed by atoms with Crippen molar-refractivity contribution in [2.24, 2.45) is 0 Å². The number of aliphatic hydroxyl groups excluding tert-OH is 1. The molecular formula is C15H17O2P. The Kier molecular flexibility index (Phi) is 4.00. The zero-order valence-corrected chi connectivity index (χ0v) is 11.5. The first-order chi connectivity index (χ1) is 8.58. The molecule has 0 fully saturated rings. The summed E-state index contributed by atoms with van der Waals surface area (Å²) in [6.45, 7) is 3.77. The minimum atomic E-state index is -0.486. The van der Waals surface area contributed by atoms with Crippen LogP contribution < -0.4 is 10.6 Å². The van der Waals surface area contributed by atoms with Crippen LogP contribution in [-0.4, -0.2) is 10.2 Å². The van der Waals surface area contributed by atoms with E-state index in [2.05, 4.69) is 0 Å². The lowest BCUT2D eigenvalue weighted by Crippen LogP contribution is -2.11. The van der Waals surface area contributed by atoms with Crippen molar-refractivity contribution in [2.75, 3.05) is 0 Å². The summed E-state index contributed by atoms with van der Waals surface area (Å²) in [5, 5.41) is 21.6. The van der Waals surface area contributed by atoms with Gasteiger partial charge in [0.2, 0.25) is 0 Å². The molecule has 0 amide bonds. The maximum Gasteiger partial charge on any atom is 0.123 e. The van der Waals surface area contributed by atoms with Crippen molar-refractivity contribution < 1.29 is 10.2 Å². The second-order valence-electron chi connectivity index (χ2n) is 4.41. The van der Waals surface area contributed by atoms with E-state index in [0.29, 0.717) is 14.3 Å². The molecule has 0 saturated carbocycles. The number of hydrogen-bond donors (Lipinski definition) is 2. The van der Waals surface area contributed by atoms with Crippen molar-refractivity contribution in [3.63, 3.8) is 0 Å². The van der Waals surface area contributed by atoms with Gasteiger partial charge in [0.1, 0.15) is 5.75 Å². The Morgan fingerprint density at radius 2 is 1.78 bits per heavy atom. The Morgan fingerprint density at radius 3 is 2.50 bits per heavy atom. The van der Waals surface area contributed by atoms with Crippen LogP contribution >= 0.6 is 8.58 Å². The van der Waals surface area contributed by atoms with Crippen molar-refractivity contribution in [1.82, 2.24) is 0 Å². The number of phenols is 1. The molecule has 2 nitrogen and oxygen atoms in total. The Labute approximate surface area is 109 Å². The number of aliphatic hydroxyl groups is 1. The second kappa shape index (κ2) is 5.51. The van der Waals surface area contributed by atoms with Gasteiger partial charge in [-0.3, -0.25) is 0 Å². The second-order valence-corrected chi connectivity index (χ2v) is 5.74. The van der Waals surface area contributed by atoms with Crippen LogP contribution in [0.25, 0.3) is 0 Å². The number of phenolic OH excluding ortho intramolecular Hbond substituents is 1. The molecule has 0 aromatic heterocycles. The van der Waals surface area contributed by atoms with Gasteiger partial charge in [0.15, 0.2) is 0 Å². The van der Waals surface area contributed by atoms with Gasteiger partial charge in [0, 0.05) is 5.30 Å². The van der Waals surface area contributed by atoms with Gasteiger partial charge in [-0.2, -0.15) is 0 Å². The van der Waals surface area contributed by atoms with Crippen molar-refractivity contribution in [2.45, 2.75) is 20.0 Å². The minimum Gasteiger partial charge on any atom is -0.507 e. The van der Waals surface area contributed by atoms with E-state index < -0.39 is 6.10 Å². The highest BCUT2D eigenvalue weighted by Gasteiger charge is 2.09. The van der Waals surface area contributed by atoms with E-state index in [9.17, 15) is 10.2 Å². The summed E-state index contributed by atoms with van der Waals surface area (Å²) in [7, 11) is 0.354. The maximum absolute atomic E-state index is 9.87. The molecule has 0 bridgehead atoms. The van der Waals surface area contributed by atoms with Crippen LogP contribution in [0.5, 0.6) is 5.75 Å². The molecule has 0 aliphatic heterocycles. The van der Waals surface area contributed by atoms with Crippen molar-refractivity contribution in [3.05, 3.63) is 53.6 Å². The van der Waals surface area contributed by atoms with E-state index in [1.165, 1.54) is 0 Å². The molecular weight excluding hydrogens is 243 g/mol. The molecule has 0 spiro atoms. The molecule has 18 heavy (non-hydrogen) atoms. The van der Waals surface area contributed by atoms with Crippen LogP contribution in [0.1, 0.15) is 24.2 Å². The molecule has 2 aromatic carbocycles. The average Bonchev–Trinajstić information content (AvgIpc) is 2.34. The largest absolute Gasteiger partial charge is 0.507 e.